The first-order chi connectivity index (χ1) is 69.0. The van der Waals surface area contributed by atoms with E-state index in [-0.39, 0.29) is 126 Å². The summed E-state index contributed by atoms with van der Waals surface area (Å²) in [4.78, 5) is 66.7. The second-order valence-corrected chi connectivity index (χ2v) is 33.8. The number of furan rings is 6. The molecule has 0 bridgehead atoms. The van der Waals surface area contributed by atoms with Crippen LogP contribution < -0.4 is 43.6 Å². The summed E-state index contributed by atoms with van der Waals surface area (Å²) in [7, 11) is 17.3. The number of aromatic nitrogens is 30. The van der Waals surface area contributed by atoms with E-state index >= 15 is 0 Å². The van der Waals surface area contributed by atoms with E-state index in [1.54, 1.807) is 88.9 Å². The molecule has 0 aliphatic rings. The van der Waals surface area contributed by atoms with Crippen LogP contribution in [0.4, 0.5) is 0 Å². The standard InChI is InChI=1S/3C18H13N5O.3C17H11N5O.6Pt/c3*1-21-6-7-23(11-21)15-5-3-4-12-13-9-24-18(17(13)20-16(12)15)14-8-22(2)10-19-14;3*1-21-7-13(19-10-21)17-16-12(8-23-17)11-3-2-4-14(15(11)20-16)22-6-5-18-9-22;;;;;;/h3*3-9H,1-2H3;3*2-8,10H,1H3;;;;;;/q6*-2;;;;3*+2. The zero-order chi connectivity index (χ0) is 94.9. The Kier molecular flexibility index (Phi) is 28.0. The first kappa shape index (κ1) is 100. The van der Waals surface area contributed by atoms with Crippen LogP contribution in [0.25, 0.3) is 234 Å². The maximum atomic E-state index is 5.74. The van der Waals surface area contributed by atoms with Gasteiger partial charge in [0.05, 0.1) is 95.0 Å². The summed E-state index contributed by atoms with van der Waals surface area (Å²) < 4.78 is 62.4. The van der Waals surface area contributed by atoms with Gasteiger partial charge < -0.3 is 155 Å². The third kappa shape index (κ3) is 18.1. The molecule has 24 heterocycles. The summed E-state index contributed by atoms with van der Waals surface area (Å²) in [5.74, 6) is 4.09. The van der Waals surface area contributed by atoms with Gasteiger partial charge in [0.1, 0.15) is 34.4 Å². The number of aryl methyl sites for hydroxylation is 9. The Morgan fingerprint density at radius 1 is 0.252 bits per heavy atom. The Hall–Kier alpha value is -15.6. The molecule has 0 radical (unpaired) electrons. The van der Waals surface area contributed by atoms with E-state index in [2.05, 4.69) is 120 Å². The van der Waals surface area contributed by atoms with Crippen LogP contribution in [0.5, 0.6) is 0 Å². The molecule has 0 aliphatic heterocycles. The molecule has 744 valence electrons. The van der Waals surface area contributed by atoms with Crippen LogP contribution >= 0.6 is 0 Å². The number of hydrogen-bond acceptors (Lipinski definition) is 15. The van der Waals surface area contributed by atoms with Crippen LogP contribution in [-0.4, -0.2) is 99.7 Å². The normalized spacial score (nSPS) is 11.2. The van der Waals surface area contributed by atoms with Crippen molar-refractivity contribution >= 4 is 131 Å². The molecule has 0 unspecified atom stereocenters. The number of rotatable bonds is 12. The van der Waals surface area contributed by atoms with Crippen LogP contribution in [0.1, 0.15) is 0 Å². The van der Waals surface area contributed by atoms with Crippen molar-refractivity contribution in [3.05, 3.63) is 334 Å². The largest absolute Gasteiger partial charge is 2.00 e. The Balaban J connectivity index is 0.000000110. The SMILES string of the molecule is Cn1[c-]nc(-c2occ3c2[n-]c2c(-n4[c-][n+](C)cc4)cccc23)c1.Cn1[c-]nc(-c2occ3c2[n-]c2c(-n4[c-][n+](C)cc4)cccc23)c1.Cn1[c-]nc(-c2occ3c2[n-]c2c(-n4[c-][n+](C)cc4)cccc23)c1.Cn1cnc(-c2occ3c2[n-]c2c(-n4[c-]ncc4)cccc23)c1.Cn1cnc(-c2occ3c2[n-]c2c(-n4[c-]ncc4)cccc23)c1.Cn1cnc(-c2occ3c2[n-]c2c(-n4[c-]ncc4)cccc23)c1.[Pt+2].[Pt+2].[Pt+2].[Pt].[Pt].[Pt]. The van der Waals surface area contributed by atoms with Gasteiger partial charge in [-0.05, 0) is 87.6 Å². The summed E-state index contributed by atoms with van der Waals surface area (Å²) in [6.45, 7) is 0. The van der Waals surface area contributed by atoms with Crippen molar-refractivity contribution in [2.75, 3.05) is 0 Å². The summed E-state index contributed by atoms with van der Waals surface area (Å²) in [5, 5.41) is 12.2. The number of imidazole rings is 12. The van der Waals surface area contributed by atoms with Crippen LogP contribution in [0.15, 0.2) is 304 Å². The Morgan fingerprint density at radius 2 is 0.469 bits per heavy atom. The molecule has 36 nitrogen and oxygen atoms in total. The average Bonchev–Trinajstić information content (AvgIpc) is 1.62. The van der Waals surface area contributed by atoms with Gasteiger partial charge in [0.2, 0.25) is 19.0 Å². The first-order valence-corrected chi connectivity index (χ1v) is 44.2. The van der Waals surface area contributed by atoms with E-state index in [1.807, 2.05) is 302 Å². The molecule has 147 heavy (non-hydrogen) atoms. The van der Waals surface area contributed by atoms with Crippen molar-refractivity contribution in [1.29, 1.82) is 0 Å². The fraction of sp³-hybridized carbons (Fsp3) is 0.0857. The van der Waals surface area contributed by atoms with Crippen LogP contribution in [-0.2, 0) is 190 Å². The maximum absolute atomic E-state index is 5.74. The number of fused-ring (bicyclic) bond motifs is 18. The van der Waals surface area contributed by atoms with Crippen molar-refractivity contribution in [2.45, 2.75) is 0 Å². The molecule has 30 aromatic rings. The van der Waals surface area contributed by atoms with E-state index < -0.39 is 0 Å². The fourth-order valence-corrected chi connectivity index (χ4v) is 17.8. The van der Waals surface area contributed by atoms with E-state index in [9.17, 15) is 0 Å². The molecule has 0 fully saturated rings. The van der Waals surface area contributed by atoms with Gasteiger partial charge in [-0.15, -0.1) is 51.7 Å². The summed E-state index contributed by atoms with van der Waals surface area (Å²) in [6, 6.07) is 36.5. The maximum Gasteiger partial charge on any atom is 2.00 e. The third-order valence-corrected chi connectivity index (χ3v) is 24.2. The van der Waals surface area contributed by atoms with Crippen molar-refractivity contribution in [1.82, 2.24) is 130 Å². The molecule has 0 atom stereocenters. The van der Waals surface area contributed by atoms with E-state index in [4.69, 9.17) is 56.4 Å². The monoisotopic (exact) mass is 3020 g/mol. The first-order valence-electron chi connectivity index (χ1n) is 44.2. The Bertz CT molecular complexity index is 8980. The molecule has 0 aliphatic carbocycles. The third-order valence-electron chi connectivity index (χ3n) is 24.2. The van der Waals surface area contributed by atoms with Gasteiger partial charge in [-0.25, -0.2) is 15.0 Å². The molecule has 0 saturated heterocycles. The molecular formula is C105H72N30O6Pt6-6. The number of benzene rings is 6. The quantitative estimate of drug-likeness (QED) is 0.0810. The van der Waals surface area contributed by atoms with Crippen LogP contribution in [0, 0.1) is 56.9 Å². The Morgan fingerprint density at radius 3 is 0.646 bits per heavy atom. The van der Waals surface area contributed by atoms with Gasteiger partial charge in [0.15, 0.2) is 0 Å². The Labute approximate surface area is 919 Å². The zero-order valence-corrected chi connectivity index (χ0v) is 91.9. The van der Waals surface area contributed by atoms with Gasteiger partial charge in [-0.3, -0.25) is 0 Å². The average molecular weight is 3020 g/mol. The molecule has 24 aromatic heterocycles. The second-order valence-electron chi connectivity index (χ2n) is 33.8. The summed E-state index contributed by atoms with van der Waals surface area (Å²) >= 11 is 0. The van der Waals surface area contributed by atoms with Gasteiger partial charge in [-0.2, -0.15) is 0 Å². The number of para-hydroxylation sites is 6. The van der Waals surface area contributed by atoms with Crippen LogP contribution in [0.3, 0.4) is 0 Å². The van der Waals surface area contributed by atoms with Crippen LogP contribution in [0.2, 0.25) is 0 Å². The minimum Gasteiger partial charge on any atom is -0.660 e. The van der Waals surface area contributed by atoms with Crippen molar-refractivity contribution in [2.24, 2.45) is 63.4 Å². The van der Waals surface area contributed by atoms with E-state index in [0.717, 1.165) is 199 Å². The molecule has 0 amide bonds. The molecule has 30 rings (SSSR count). The minimum absolute atomic E-state index is 0. The van der Waals surface area contributed by atoms with Gasteiger partial charge in [-0.1, -0.05) is 179 Å². The molecule has 42 heteroatoms. The van der Waals surface area contributed by atoms with Gasteiger partial charge in [0.25, 0.3) is 0 Å². The van der Waals surface area contributed by atoms with E-state index in [0.29, 0.717) is 34.6 Å². The predicted molar refractivity (Wildman–Crippen MR) is 518 cm³/mol. The predicted octanol–water partition coefficient (Wildman–Crippen LogP) is 15.3. The van der Waals surface area contributed by atoms with E-state index in [1.165, 1.54) is 0 Å². The van der Waals surface area contributed by atoms with Crippen molar-refractivity contribution in [3.8, 4) is 103 Å². The molecule has 0 saturated carbocycles. The number of hydrogen-bond donors (Lipinski definition) is 0. The fourth-order valence-electron chi connectivity index (χ4n) is 17.8. The molecule has 6 aromatic carbocycles. The summed E-state index contributed by atoms with van der Waals surface area (Å²) in [6.07, 6.45) is 76.5. The van der Waals surface area contributed by atoms with Crippen molar-refractivity contribution < 1.29 is 167 Å². The molecule has 0 N–H and O–H groups in total. The summed E-state index contributed by atoms with van der Waals surface area (Å²) in [5.41, 5.74) is 20.8. The molecular weight excluding hydrogens is 2950 g/mol. The smallest absolute Gasteiger partial charge is 0.660 e. The van der Waals surface area contributed by atoms with Gasteiger partial charge >= 0.3 is 63.2 Å². The minimum atomic E-state index is 0. The van der Waals surface area contributed by atoms with Gasteiger partial charge in [0, 0.05) is 227 Å². The topological polar surface area (TPSA) is 350 Å². The molecule has 0 spiro atoms. The zero-order valence-electron chi connectivity index (χ0n) is 78.2. The number of nitrogens with zero attached hydrogens (tertiary/aromatic N) is 30. The second kappa shape index (κ2) is 41.2. The van der Waals surface area contributed by atoms with Crippen molar-refractivity contribution in [3.63, 3.8) is 0 Å².